The van der Waals surface area contributed by atoms with Gasteiger partial charge in [0, 0.05) is 6.07 Å². The average Bonchev–Trinajstić information content (AvgIpc) is 2.85. The second-order valence-electron chi connectivity index (χ2n) is 4.60. The van der Waals surface area contributed by atoms with E-state index in [4.69, 9.17) is 16.3 Å². The Kier molecular flexibility index (Phi) is 3.28. The van der Waals surface area contributed by atoms with Gasteiger partial charge in [-0.15, -0.1) is 0 Å². The van der Waals surface area contributed by atoms with E-state index in [0.29, 0.717) is 5.75 Å². The highest BCUT2D eigenvalue weighted by atomic mass is 35.5. The maximum Gasteiger partial charge on any atom is 0.331 e. The number of hydrogen-bond acceptors (Lipinski definition) is 4. The predicted molar refractivity (Wildman–Crippen MR) is 74.4 cm³/mol. The molecule has 102 valence electrons. The molecule has 0 unspecified atom stereocenters. The molecule has 1 heterocycles. The molecule has 6 heteroatoms. The molecule has 0 N–H and O–H groups in total. The highest BCUT2D eigenvalue weighted by Gasteiger charge is 2.19. The summed E-state index contributed by atoms with van der Waals surface area (Å²) in [6.07, 6.45) is 3.22. The molecule has 0 bridgehead atoms. The topological polar surface area (TPSA) is 65.3 Å². The van der Waals surface area contributed by atoms with Crippen LogP contribution < -0.4 is 4.74 Å². The number of aryl methyl sites for hydroxylation is 2. The van der Waals surface area contributed by atoms with Gasteiger partial charge in [0.25, 0.3) is 0 Å². The van der Waals surface area contributed by atoms with Crippen molar-refractivity contribution >= 4 is 17.3 Å². The summed E-state index contributed by atoms with van der Waals surface area (Å²) in [5.41, 5.74) is 2.34. The second-order valence-corrected chi connectivity index (χ2v) is 4.99. The average molecular weight is 291 g/mol. The smallest absolute Gasteiger partial charge is 0.331 e. The zero-order chi connectivity index (χ0) is 14.1. The molecule has 1 aliphatic carbocycles. The van der Waals surface area contributed by atoms with E-state index >= 15 is 0 Å². The molecule has 0 saturated heterocycles. The first-order valence-electron chi connectivity index (χ1n) is 6.24. The number of benzene rings is 1. The molecule has 2 aromatic rings. The molecule has 0 aliphatic heterocycles. The van der Waals surface area contributed by atoms with Crippen molar-refractivity contribution in [3.63, 3.8) is 0 Å². The van der Waals surface area contributed by atoms with E-state index in [1.807, 2.05) is 12.1 Å². The van der Waals surface area contributed by atoms with Crippen molar-refractivity contribution in [2.45, 2.75) is 19.3 Å². The minimum Gasteiger partial charge on any atom is -0.434 e. The van der Waals surface area contributed by atoms with Crippen LogP contribution in [0, 0.1) is 10.1 Å². The third-order valence-corrected chi connectivity index (χ3v) is 3.50. The predicted octanol–water partition coefficient (Wildman–Crippen LogP) is 3.92. The molecule has 1 aromatic carbocycles. The van der Waals surface area contributed by atoms with Gasteiger partial charge in [-0.05, 0) is 48.6 Å². The lowest BCUT2D eigenvalue weighted by molar-refractivity contribution is -0.386. The molecular formula is C14H11ClN2O3. The lowest BCUT2D eigenvalue weighted by Crippen LogP contribution is -1.96. The van der Waals surface area contributed by atoms with Gasteiger partial charge in [-0.1, -0.05) is 17.7 Å². The van der Waals surface area contributed by atoms with E-state index in [9.17, 15) is 10.1 Å². The van der Waals surface area contributed by atoms with Crippen molar-refractivity contribution in [2.75, 3.05) is 0 Å². The Balaban J connectivity index is 1.95. The molecule has 0 saturated carbocycles. The Bertz CT molecular complexity index is 688. The van der Waals surface area contributed by atoms with Crippen LogP contribution in [0.5, 0.6) is 11.6 Å². The fraction of sp³-hybridized carbons (Fsp3) is 0.214. The molecule has 0 radical (unpaired) electrons. The normalized spacial score (nSPS) is 13.1. The van der Waals surface area contributed by atoms with Crippen LogP contribution in [0.3, 0.4) is 0 Å². The quantitative estimate of drug-likeness (QED) is 0.488. The van der Waals surface area contributed by atoms with E-state index in [2.05, 4.69) is 4.98 Å². The Labute approximate surface area is 120 Å². The van der Waals surface area contributed by atoms with Crippen LogP contribution in [0.4, 0.5) is 5.69 Å². The van der Waals surface area contributed by atoms with E-state index in [1.54, 1.807) is 6.07 Å². The molecule has 0 fully saturated rings. The van der Waals surface area contributed by atoms with Crippen molar-refractivity contribution in [3.8, 4) is 11.6 Å². The van der Waals surface area contributed by atoms with Gasteiger partial charge in [0.15, 0.2) is 0 Å². The van der Waals surface area contributed by atoms with Gasteiger partial charge in [0.05, 0.1) is 4.92 Å². The first-order chi connectivity index (χ1) is 9.63. The summed E-state index contributed by atoms with van der Waals surface area (Å²) in [4.78, 5) is 14.3. The van der Waals surface area contributed by atoms with Crippen LogP contribution in [0.25, 0.3) is 0 Å². The number of pyridine rings is 1. The fourth-order valence-corrected chi connectivity index (χ4v) is 2.49. The largest absolute Gasteiger partial charge is 0.434 e. The number of rotatable bonds is 3. The van der Waals surface area contributed by atoms with Gasteiger partial charge >= 0.3 is 11.6 Å². The number of nitrogens with zero attached hydrogens (tertiary/aromatic N) is 2. The number of fused-ring (bicyclic) bond motifs is 1. The molecule has 0 spiro atoms. The van der Waals surface area contributed by atoms with E-state index in [-0.39, 0.29) is 16.7 Å². The Morgan fingerprint density at radius 1 is 1.20 bits per heavy atom. The fourth-order valence-electron chi connectivity index (χ4n) is 2.35. The van der Waals surface area contributed by atoms with E-state index < -0.39 is 4.92 Å². The molecule has 1 aliphatic rings. The molecule has 3 rings (SSSR count). The van der Waals surface area contributed by atoms with Crippen LogP contribution in [-0.2, 0) is 12.8 Å². The minimum atomic E-state index is -0.536. The van der Waals surface area contributed by atoms with Gasteiger partial charge in [-0.25, -0.2) is 0 Å². The van der Waals surface area contributed by atoms with Gasteiger partial charge in [-0.2, -0.15) is 4.98 Å². The number of aromatic nitrogens is 1. The molecule has 0 atom stereocenters. The Hall–Kier alpha value is -2.14. The number of ether oxygens (including phenoxy) is 1. The maximum atomic E-state index is 11.0. The summed E-state index contributed by atoms with van der Waals surface area (Å²) in [7, 11) is 0. The second kappa shape index (κ2) is 5.09. The highest BCUT2D eigenvalue weighted by molar-refractivity contribution is 6.29. The summed E-state index contributed by atoms with van der Waals surface area (Å²) in [6.45, 7) is 0. The van der Waals surface area contributed by atoms with Crippen molar-refractivity contribution < 1.29 is 9.66 Å². The van der Waals surface area contributed by atoms with Gasteiger partial charge in [0.2, 0.25) is 0 Å². The standard InChI is InChI=1S/C14H11ClN2O3/c15-13-7-6-12(17(18)19)14(16-13)20-11-5-4-9-2-1-3-10(9)8-11/h4-8H,1-3H2. The van der Waals surface area contributed by atoms with Crippen molar-refractivity contribution in [1.82, 2.24) is 4.98 Å². The van der Waals surface area contributed by atoms with Crippen molar-refractivity contribution in [1.29, 1.82) is 0 Å². The third kappa shape index (κ3) is 2.44. The summed E-state index contributed by atoms with van der Waals surface area (Å²) in [6, 6.07) is 8.37. The van der Waals surface area contributed by atoms with E-state index in [1.165, 1.54) is 23.3 Å². The van der Waals surface area contributed by atoms with Crippen LogP contribution in [0.2, 0.25) is 5.15 Å². The number of hydrogen-bond donors (Lipinski definition) is 0. The highest BCUT2D eigenvalue weighted by Crippen LogP contribution is 2.33. The third-order valence-electron chi connectivity index (χ3n) is 3.29. The van der Waals surface area contributed by atoms with Crippen LogP contribution >= 0.6 is 11.6 Å². The lowest BCUT2D eigenvalue weighted by atomic mass is 10.1. The molecule has 5 nitrogen and oxygen atoms in total. The summed E-state index contributed by atoms with van der Waals surface area (Å²) >= 11 is 5.77. The van der Waals surface area contributed by atoms with Gasteiger partial charge < -0.3 is 4.74 Å². The number of halogens is 1. The van der Waals surface area contributed by atoms with Crippen molar-refractivity contribution in [3.05, 3.63) is 56.7 Å². The van der Waals surface area contributed by atoms with Crippen LogP contribution in [0.15, 0.2) is 30.3 Å². The summed E-state index contributed by atoms with van der Waals surface area (Å²) in [5, 5.41) is 11.1. The Morgan fingerprint density at radius 2 is 2.00 bits per heavy atom. The van der Waals surface area contributed by atoms with Crippen LogP contribution in [-0.4, -0.2) is 9.91 Å². The zero-order valence-corrected chi connectivity index (χ0v) is 11.3. The zero-order valence-electron chi connectivity index (χ0n) is 10.5. The van der Waals surface area contributed by atoms with Crippen molar-refractivity contribution in [2.24, 2.45) is 0 Å². The van der Waals surface area contributed by atoms with E-state index in [0.717, 1.165) is 19.3 Å². The number of nitro groups is 1. The monoisotopic (exact) mass is 290 g/mol. The maximum absolute atomic E-state index is 11.0. The SMILES string of the molecule is O=[N+]([O-])c1ccc(Cl)nc1Oc1ccc2c(c1)CCC2. The first-order valence-corrected chi connectivity index (χ1v) is 6.62. The molecule has 20 heavy (non-hydrogen) atoms. The van der Waals surface area contributed by atoms with Gasteiger partial charge in [-0.3, -0.25) is 10.1 Å². The summed E-state index contributed by atoms with van der Waals surface area (Å²) in [5.74, 6) is 0.462. The molecule has 0 amide bonds. The molecule has 1 aromatic heterocycles. The molecular weight excluding hydrogens is 280 g/mol. The lowest BCUT2D eigenvalue weighted by Gasteiger charge is -2.07. The Morgan fingerprint density at radius 3 is 2.80 bits per heavy atom. The minimum absolute atomic E-state index is 0.0829. The first kappa shape index (κ1) is 12.9. The summed E-state index contributed by atoms with van der Waals surface area (Å²) < 4.78 is 5.54. The van der Waals surface area contributed by atoms with Gasteiger partial charge in [0.1, 0.15) is 10.9 Å². The van der Waals surface area contributed by atoms with Crippen LogP contribution in [0.1, 0.15) is 17.5 Å².